The maximum Gasteiger partial charge on any atom is 0.313 e. The number of nitro groups is 1. The molecule has 92 valence electrons. The van der Waals surface area contributed by atoms with Crippen LogP contribution in [0.5, 0.6) is 0 Å². The molecule has 0 unspecified atom stereocenters. The molecule has 0 saturated heterocycles. The zero-order chi connectivity index (χ0) is 12.8. The van der Waals surface area contributed by atoms with E-state index in [0.29, 0.717) is 6.07 Å². The Morgan fingerprint density at radius 2 is 1.62 bits per heavy atom. The van der Waals surface area contributed by atoms with Crippen LogP contribution < -0.4 is 0 Å². The minimum absolute atomic E-state index is 0.0225. The van der Waals surface area contributed by atoms with Crippen molar-refractivity contribution in [2.75, 3.05) is 0 Å². The minimum atomic E-state index is -10.2. The number of non-ortho nitro benzene ring substituents is 1. The number of hydrogen-bond donors (Lipinski definition) is 0. The minimum Gasteiger partial charge on any atom is -0.258 e. The number of halogens is 6. The molecule has 3 nitrogen and oxygen atoms in total. The van der Waals surface area contributed by atoms with Crippen LogP contribution in [0.4, 0.5) is 29.5 Å². The third-order valence-electron chi connectivity index (χ3n) is 1.54. The fourth-order valence-electron chi connectivity index (χ4n) is 0.901. The van der Waals surface area contributed by atoms with Crippen LogP contribution in [-0.2, 0) is 0 Å². The van der Waals surface area contributed by atoms with Crippen molar-refractivity contribution >= 4 is 15.9 Å². The van der Waals surface area contributed by atoms with E-state index >= 15 is 0 Å². The highest BCUT2D eigenvalue weighted by Gasteiger charge is 2.67. The predicted octanol–water partition coefficient (Wildman–Crippen LogP) is 4.39. The fraction of sp³-hybridized carbons (Fsp3) is 0. The third-order valence-corrected chi connectivity index (χ3v) is 2.69. The molecule has 0 bridgehead atoms. The SMILES string of the molecule is O=[N+]([O-])c1ccc(F)c(S(F)(F)(F)(F)F)c1. The van der Waals surface area contributed by atoms with Gasteiger partial charge in [-0.05, 0) is 6.07 Å². The van der Waals surface area contributed by atoms with Gasteiger partial charge in [0.05, 0.1) is 4.92 Å². The summed E-state index contributed by atoms with van der Waals surface area (Å²) in [6.45, 7) is 0. The maximum atomic E-state index is 12.6. The van der Waals surface area contributed by atoms with Crippen molar-refractivity contribution in [1.82, 2.24) is 0 Å². The topological polar surface area (TPSA) is 43.1 Å². The van der Waals surface area contributed by atoms with E-state index in [0.717, 1.165) is 0 Å². The Morgan fingerprint density at radius 3 is 2.00 bits per heavy atom. The molecule has 0 atom stereocenters. The molecule has 0 radical (unpaired) electrons. The summed E-state index contributed by atoms with van der Waals surface area (Å²) in [7, 11) is -10.2. The van der Waals surface area contributed by atoms with Crippen molar-refractivity contribution in [3.63, 3.8) is 0 Å². The normalized spacial score (nSPS) is 16.4. The quantitative estimate of drug-likeness (QED) is 0.453. The van der Waals surface area contributed by atoms with Crippen LogP contribution in [-0.4, -0.2) is 4.92 Å². The van der Waals surface area contributed by atoms with Crippen LogP contribution in [0.25, 0.3) is 0 Å². The molecule has 0 heterocycles. The van der Waals surface area contributed by atoms with Crippen LogP contribution in [0.2, 0.25) is 0 Å². The van der Waals surface area contributed by atoms with Gasteiger partial charge in [-0.1, -0.05) is 19.4 Å². The van der Waals surface area contributed by atoms with Gasteiger partial charge in [-0.15, -0.1) is 0 Å². The van der Waals surface area contributed by atoms with Crippen LogP contribution in [0.15, 0.2) is 23.1 Å². The second-order valence-corrected chi connectivity index (χ2v) is 5.22. The van der Waals surface area contributed by atoms with Crippen LogP contribution in [0.1, 0.15) is 0 Å². The number of hydrogen-bond acceptors (Lipinski definition) is 2. The second kappa shape index (κ2) is 2.62. The van der Waals surface area contributed by atoms with Gasteiger partial charge in [0.25, 0.3) is 5.69 Å². The molecule has 1 aromatic carbocycles. The number of benzene rings is 1. The standard InChI is InChI=1S/C6H3F6NO2S/c7-5-2-1-4(13(14)15)3-6(5)16(8,9,10,11)12/h1-3H. The molecule has 0 N–H and O–H groups in total. The maximum absolute atomic E-state index is 12.6. The predicted molar refractivity (Wildman–Crippen MR) is 44.5 cm³/mol. The molecule has 16 heavy (non-hydrogen) atoms. The highest BCUT2D eigenvalue weighted by molar-refractivity contribution is 8.45. The van der Waals surface area contributed by atoms with Crippen LogP contribution in [0.3, 0.4) is 0 Å². The first-order valence-electron chi connectivity index (χ1n) is 3.49. The van der Waals surface area contributed by atoms with E-state index in [9.17, 15) is 33.9 Å². The van der Waals surface area contributed by atoms with Gasteiger partial charge in [0.1, 0.15) is 10.7 Å². The van der Waals surface area contributed by atoms with Crippen molar-refractivity contribution in [2.45, 2.75) is 4.90 Å². The van der Waals surface area contributed by atoms with Gasteiger partial charge in [0, 0.05) is 12.1 Å². The number of nitrogens with zero attached hydrogens (tertiary/aromatic N) is 1. The van der Waals surface area contributed by atoms with Gasteiger partial charge in [0.2, 0.25) is 0 Å². The Bertz CT molecular complexity index is 469. The second-order valence-electron chi connectivity index (χ2n) is 2.84. The summed E-state index contributed by atoms with van der Waals surface area (Å²) in [6, 6.07) is -0.176. The largest absolute Gasteiger partial charge is 0.313 e. The summed E-state index contributed by atoms with van der Waals surface area (Å²) in [5.74, 6) is -2.25. The Balaban J connectivity index is 3.59. The van der Waals surface area contributed by atoms with E-state index in [1.54, 1.807) is 0 Å². The molecule has 0 spiro atoms. The molecular weight excluding hydrogens is 264 g/mol. The van der Waals surface area contributed by atoms with Gasteiger partial charge in [-0.2, -0.15) is 0 Å². The lowest BCUT2D eigenvalue weighted by Crippen LogP contribution is -2.09. The van der Waals surface area contributed by atoms with E-state index in [4.69, 9.17) is 0 Å². The van der Waals surface area contributed by atoms with Crippen molar-refractivity contribution in [3.05, 3.63) is 34.1 Å². The highest BCUT2D eigenvalue weighted by Crippen LogP contribution is 3.02. The molecule has 1 rings (SSSR count). The Labute approximate surface area is 84.6 Å². The van der Waals surface area contributed by atoms with E-state index in [1.165, 1.54) is 0 Å². The third kappa shape index (κ3) is 2.56. The van der Waals surface area contributed by atoms with Gasteiger partial charge in [0.15, 0.2) is 0 Å². The molecule has 0 aromatic heterocycles. The summed E-state index contributed by atoms with van der Waals surface area (Å²) in [5.41, 5.74) is -1.26. The van der Waals surface area contributed by atoms with E-state index in [-0.39, 0.29) is 6.07 Å². The Morgan fingerprint density at radius 1 is 1.12 bits per heavy atom. The van der Waals surface area contributed by atoms with Crippen LogP contribution in [0, 0.1) is 15.9 Å². The van der Waals surface area contributed by atoms with Crippen molar-refractivity contribution in [2.24, 2.45) is 0 Å². The summed E-state index contributed by atoms with van der Waals surface area (Å²) >= 11 is 0. The summed E-state index contributed by atoms with van der Waals surface area (Å²) in [4.78, 5) is 5.88. The highest BCUT2D eigenvalue weighted by atomic mass is 32.5. The summed E-state index contributed by atoms with van der Waals surface area (Å²) in [5, 5.41) is 10.1. The average Bonchev–Trinajstić information content (AvgIpc) is 1.99. The first-order valence-corrected chi connectivity index (χ1v) is 5.44. The molecule has 1 aromatic rings. The first kappa shape index (κ1) is 12.6. The number of nitro benzene ring substituents is 1. The van der Waals surface area contributed by atoms with Gasteiger partial charge in [-0.25, -0.2) is 4.39 Å². The van der Waals surface area contributed by atoms with E-state index < -0.39 is 37.6 Å². The van der Waals surface area contributed by atoms with Crippen molar-refractivity contribution < 1.29 is 28.7 Å². The Kier molecular flexibility index (Phi) is 2.06. The fourth-order valence-corrected chi connectivity index (χ4v) is 1.68. The molecule has 0 amide bonds. The molecular formula is C6H3F6NO2S. The van der Waals surface area contributed by atoms with Crippen molar-refractivity contribution in [3.8, 4) is 0 Å². The van der Waals surface area contributed by atoms with Gasteiger partial charge in [-0.3, -0.25) is 10.1 Å². The molecule has 0 aliphatic carbocycles. The van der Waals surface area contributed by atoms with Crippen molar-refractivity contribution in [1.29, 1.82) is 0 Å². The monoisotopic (exact) mass is 267 g/mol. The Hall–Kier alpha value is -1.45. The molecule has 0 aliphatic rings. The molecule has 10 heteroatoms. The first-order chi connectivity index (χ1) is 6.81. The lowest BCUT2D eigenvalue weighted by Gasteiger charge is -2.40. The van der Waals surface area contributed by atoms with Gasteiger partial charge >= 0.3 is 10.2 Å². The van der Waals surface area contributed by atoms with E-state index in [1.807, 2.05) is 0 Å². The number of rotatable bonds is 2. The molecule has 0 fully saturated rings. The molecule has 0 saturated carbocycles. The van der Waals surface area contributed by atoms with Crippen LogP contribution >= 0.6 is 10.2 Å². The summed E-state index contributed by atoms with van der Waals surface area (Å²) < 4.78 is 73.6. The zero-order valence-electron chi connectivity index (χ0n) is 7.17. The lowest BCUT2D eigenvalue weighted by atomic mass is 10.3. The smallest absolute Gasteiger partial charge is 0.258 e. The zero-order valence-corrected chi connectivity index (χ0v) is 7.99. The molecule has 0 aliphatic heterocycles. The summed E-state index contributed by atoms with van der Waals surface area (Å²) in [6.07, 6.45) is 0. The lowest BCUT2D eigenvalue weighted by molar-refractivity contribution is -0.385. The van der Waals surface area contributed by atoms with E-state index in [2.05, 4.69) is 0 Å². The average molecular weight is 267 g/mol. The van der Waals surface area contributed by atoms with Gasteiger partial charge < -0.3 is 0 Å².